The number of ether oxygens (including phenoxy) is 1. The SMILES string of the molecule is CCOc1cccc(N(CCCN)c2cccc(F)c2)n1. The van der Waals surface area contributed by atoms with Gasteiger partial charge >= 0.3 is 0 Å². The molecule has 5 heteroatoms. The second-order valence-electron chi connectivity index (χ2n) is 4.54. The van der Waals surface area contributed by atoms with Crippen LogP contribution in [0.25, 0.3) is 0 Å². The summed E-state index contributed by atoms with van der Waals surface area (Å²) in [6.45, 7) is 3.70. The highest BCUT2D eigenvalue weighted by molar-refractivity contribution is 5.60. The third-order valence-corrected chi connectivity index (χ3v) is 2.98. The fourth-order valence-electron chi connectivity index (χ4n) is 2.05. The van der Waals surface area contributed by atoms with Crippen molar-refractivity contribution < 1.29 is 9.13 Å². The minimum Gasteiger partial charge on any atom is -0.478 e. The molecule has 0 atom stereocenters. The molecule has 0 amide bonds. The van der Waals surface area contributed by atoms with Crippen molar-refractivity contribution in [1.29, 1.82) is 0 Å². The summed E-state index contributed by atoms with van der Waals surface area (Å²) in [5, 5.41) is 0. The first-order valence-corrected chi connectivity index (χ1v) is 7.07. The van der Waals surface area contributed by atoms with Crippen molar-refractivity contribution in [3.8, 4) is 5.88 Å². The highest BCUT2D eigenvalue weighted by atomic mass is 19.1. The maximum absolute atomic E-state index is 13.5. The normalized spacial score (nSPS) is 10.4. The summed E-state index contributed by atoms with van der Waals surface area (Å²) in [4.78, 5) is 6.41. The van der Waals surface area contributed by atoms with E-state index in [4.69, 9.17) is 10.5 Å². The Hall–Kier alpha value is -2.14. The number of aromatic nitrogens is 1. The average molecular weight is 289 g/mol. The lowest BCUT2D eigenvalue weighted by Gasteiger charge is -2.24. The number of nitrogens with zero attached hydrogens (tertiary/aromatic N) is 2. The van der Waals surface area contributed by atoms with Crippen LogP contribution in [0.5, 0.6) is 5.88 Å². The quantitative estimate of drug-likeness (QED) is 0.851. The van der Waals surface area contributed by atoms with Crippen molar-refractivity contribution in [2.45, 2.75) is 13.3 Å². The van der Waals surface area contributed by atoms with Crippen molar-refractivity contribution in [3.63, 3.8) is 0 Å². The molecule has 0 fully saturated rings. The predicted molar refractivity (Wildman–Crippen MR) is 82.5 cm³/mol. The molecule has 1 heterocycles. The van der Waals surface area contributed by atoms with Crippen LogP contribution in [0.4, 0.5) is 15.9 Å². The van der Waals surface area contributed by atoms with Gasteiger partial charge in [-0.15, -0.1) is 0 Å². The summed E-state index contributed by atoms with van der Waals surface area (Å²) in [5.74, 6) is 1.01. The lowest BCUT2D eigenvalue weighted by Crippen LogP contribution is -2.22. The monoisotopic (exact) mass is 289 g/mol. The molecule has 1 aromatic heterocycles. The van der Waals surface area contributed by atoms with Gasteiger partial charge in [-0.1, -0.05) is 12.1 Å². The smallest absolute Gasteiger partial charge is 0.215 e. The van der Waals surface area contributed by atoms with Crippen LogP contribution in [0.1, 0.15) is 13.3 Å². The van der Waals surface area contributed by atoms with E-state index in [2.05, 4.69) is 4.98 Å². The summed E-state index contributed by atoms with van der Waals surface area (Å²) in [7, 11) is 0. The number of benzene rings is 1. The molecule has 0 radical (unpaired) electrons. The summed E-state index contributed by atoms with van der Waals surface area (Å²) < 4.78 is 18.9. The van der Waals surface area contributed by atoms with Gasteiger partial charge in [0, 0.05) is 18.3 Å². The highest BCUT2D eigenvalue weighted by Gasteiger charge is 2.12. The van der Waals surface area contributed by atoms with Gasteiger partial charge in [0.1, 0.15) is 11.6 Å². The zero-order chi connectivity index (χ0) is 15.1. The van der Waals surface area contributed by atoms with E-state index >= 15 is 0 Å². The van der Waals surface area contributed by atoms with Crippen LogP contribution >= 0.6 is 0 Å². The van der Waals surface area contributed by atoms with Crippen molar-refractivity contribution >= 4 is 11.5 Å². The van der Waals surface area contributed by atoms with E-state index in [1.807, 2.05) is 30.0 Å². The molecular formula is C16H20FN3O. The third kappa shape index (κ3) is 4.16. The molecule has 1 aromatic carbocycles. The van der Waals surface area contributed by atoms with Gasteiger partial charge in [-0.05, 0) is 44.2 Å². The Labute approximate surface area is 124 Å². The average Bonchev–Trinajstić information content (AvgIpc) is 2.49. The zero-order valence-electron chi connectivity index (χ0n) is 12.1. The molecule has 2 aromatic rings. The van der Waals surface area contributed by atoms with Crippen molar-refractivity contribution in [2.24, 2.45) is 5.73 Å². The molecule has 0 aliphatic rings. The lowest BCUT2D eigenvalue weighted by atomic mass is 10.2. The summed E-state index contributed by atoms with van der Waals surface area (Å²) in [6.07, 6.45) is 0.789. The molecular weight excluding hydrogens is 269 g/mol. The van der Waals surface area contributed by atoms with E-state index in [0.29, 0.717) is 25.6 Å². The topological polar surface area (TPSA) is 51.4 Å². The summed E-state index contributed by atoms with van der Waals surface area (Å²) in [6, 6.07) is 12.0. The maximum atomic E-state index is 13.5. The minimum atomic E-state index is -0.272. The number of pyridine rings is 1. The van der Waals surface area contributed by atoms with Gasteiger partial charge in [-0.3, -0.25) is 0 Å². The lowest BCUT2D eigenvalue weighted by molar-refractivity contribution is 0.327. The second kappa shape index (κ2) is 7.59. The van der Waals surface area contributed by atoms with Crippen LogP contribution in [-0.4, -0.2) is 24.7 Å². The zero-order valence-corrected chi connectivity index (χ0v) is 12.1. The highest BCUT2D eigenvalue weighted by Crippen LogP contribution is 2.26. The Morgan fingerprint density at radius 1 is 1.24 bits per heavy atom. The molecule has 0 aliphatic heterocycles. The standard InChI is InChI=1S/C16H20FN3O/c1-2-21-16-9-4-8-15(19-16)20(11-5-10-18)14-7-3-6-13(17)12-14/h3-4,6-9,12H,2,5,10-11,18H2,1H3. The number of halogens is 1. The van der Waals surface area contributed by atoms with E-state index in [0.717, 1.165) is 17.9 Å². The molecule has 0 aliphatic carbocycles. The van der Waals surface area contributed by atoms with E-state index in [-0.39, 0.29) is 5.82 Å². The Morgan fingerprint density at radius 3 is 2.76 bits per heavy atom. The Kier molecular flexibility index (Phi) is 5.51. The molecule has 0 spiro atoms. The van der Waals surface area contributed by atoms with Crippen LogP contribution in [0.15, 0.2) is 42.5 Å². The van der Waals surface area contributed by atoms with Crippen LogP contribution in [0.2, 0.25) is 0 Å². The minimum absolute atomic E-state index is 0.272. The molecule has 112 valence electrons. The fourth-order valence-corrected chi connectivity index (χ4v) is 2.05. The van der Waals surface area contributed by atoms with Gasteiger partial charge in [0.25, 0.3) is 0 Å². The van der Waals surface area contributed by atoms with Crippen LogP contribution < -0.4 is 15.4 Å². The van der Waals surface area contributed by atoms with Crippen LogP contribution in [0.3, 0.4) is 0 Å². The van der Waals surface area contributed by atoms with Crippen LogP contribution in [0, 0.1) is 5.82 Å². The number of rotatable bonds is 7. The first kappa shape index (κ1) is 15.3. The largest absolute Gasteiger partial charge is 0.478 e. The third-order valence-electron chi connectivity index (χ3n) is 2.98. The molecule has 4 nitrogen and oxygen atoms in total. The number of nitrogens with two attached hydrogens (primary N) is 1. The Balaban J connectivity index is 2.33. The molecule has 2 rings (SSSR count). The van der Waals surface area contributed by atoms with E-state index in [1.165, 1.54) is 12.1 Å². The predicted octanol–water partition coefficient (Wildman–Crippen LogP) is 3.11. The molecule has 21 heavy (non-hydrogen) atoms. The summed E-state index contributed by atoms with van der Waals surface area (Å²) >= 11 is 0. The molecule has 0 unspecified atom stereocenters. The summed E-state index contributed by atoms with van der Waals surface area (Å²) in [5.41, 5.74) is 6.35. The van der Waals surface area contributed by atoms with E-state index in [1.54, 1.807) is 12.1 Å². The fraction of sp³-hybridized carbons (Fsp3) is 0.312. The van der Waals surface area contributed by atoms with Gasteiger partial charge in [-0.25, -0.2) is 4.39 Å². The molecule has 0 bridgehead atoms. The van der Waals surface area contributed by atoms with Crippen molar-refractivity contribution in [1.82, 2.24) is 4.98 Å². The number of hydrogen-bond acceptors (Lipinski definition) is 4. The number of anilines is 2. The van der Waals surface area contributed by atoms with Crippen LogP contribution in [-0.2, 0) is 0 Å². The van der Waals surface area contributed by atoms with Gasteiger partial charge in [-0.2, -0.15) is 4.98 Å². The van der Waals surface area contributed by atoms with Gasteiger partial charge in [0.15, 0.2) is 0 Å². The van der Waals surface area contributed by atoms with Gasteiger partial charge in [0.05, 0.1) is 6.61 Å². The van der Waals surface area contributed by atoms with E-state index in [9.17, 15) is 4.39 Å². The first-order chi connectivity index (χ1) is 10.2. The van der Waals surface area contributed by atoms with Crippen molar-refractivity contribution in [2.75, 3.05) is 24.6 Å². The Bertz CT molecular complexity index is 577. The number of hydrogen-bond donors (Lipinski definition) is 1. The van der Waals surface area contributed by atoms with Gasteiger partial charge < -0.3 is 15.4 Å². The molecule has 0 saturated heterocycles. The second-order valence-corrected chi connectivity index (χ2v) is 4.54. The molecule has 2 N–H and O–H groups in total. The maximum Gasteiger partial charge on any atom is 0.215 e. The Morgan fingerprint density at radius 2 is 2.05 bits per heavy atom. The molecule has 0 saturated carbocycles. The first-order valence-electron chi connectivity index (χ1n) is 7.07. The van der Waals surface area contributed by atoms with Gasteiger partial charge in [0.2, 0.25) is 5.88 Å². The van der Waals surface area contributed by atoms with E-state index < -0.39 is 0 Å². The van der Waals surface area contributed by atoms with Crippen molar-refractivity contribution in [3.05, 3.63) is 48.3 Å².